The van der Waals surface area contributed by atoms with Crippen LogP contribution in [0.2, 0.25) is 0 Å². The van der Waals surface area contributed by atoms with Gasteiger partial charge in [-0.2, -0.15) is 5.10 Å². The molecule has 4 heteroatoms. The standard InChI is InChI=1S/C17H19N3O/c1-20-16-8-4-3-7-14(16)15(19-20)12-21-17-9-5-2-6-13(17)10-11-18/h2-9H,10-12,18H2,1H3. The van der Waals surface area contributed by atoms with Crippen molar-refractivity contribution in [3.05, 3.63) is 59.8 Å². The molecule has 108 valence electrons. The molecule has 3 rings (SSSR count). The van der Waals surface area contributed by atoms with Gasteiger partial charge in [-0.3, -0.25) is 4.68 Å². The van der Waals surface area contributed by atoms with E-state index in [-0.39, 0.29) is 0 Å². The Kier molecular flexibility index (Phi) is 3.88. The molecule has 3 aromatic rings. The lowest BCUT2D eigenvalue weighted by Gasteiger charge is -2.09. The Bertz CT molecular complexity index is 749. The highest BCUT2D eigenvalue weighted by Gasteiger charge is 2.09. The Balaban J connectivity index is 1.84. The second-order valence-corrected chi connectivity index (χ2v) is 5.02. The van der Waals surface area contributed by atoms with E-state index in [1.54, 1.807) is 0 Å². The lowest BCUT2D eigenvalue weighted by Crippen LogP contribution is -2.05. The molecule has 0 amide bonds. The summed E-state index contributed by atoms with van der Waals surface area (Å²) in [6.07, 6.45) is 0.819. The van der Waals surface area contributed by atoms with E-state index in [2.05, 4.69) is 23.3 Å². The van der Waals surface area contributed by atoms with Crippen LogP contribution < -0.4 is 10.5 Å². The normalized spacial score (nSPS) is 11.0. The van der Waals surface area contributed by atoms with E-state index in [9.17, 15) is 0 Å². The van der Waals surface area contributed by atoms with Crippen molar-refractivity contribution in [2.75, 3.05) is 6.54 Å². The van der Waals surface area contributed by atoms with Crippen LogP contribution in [0.15, 0.2) is 48.5 Å². The summed E-state index contributed by atoms with van der Waals surface area (Å²) in [4.78, 5) is 0. The highest BCUT2D eigenvalue weighted by atomic mass is 16.5. The van der Waals surface area contributed by atoms with Crippen LogP contribution in [0.5, 0.6) is 5.75 Å². The van der Waals surface area contributed by atoms with Crippen molar-refractivity contribution in [3.8, 4) is 5.75 Å². The first kappa shape index (κ1) is 13.6. The van der Waals surface area contributed by atoms with Crippen LogP contribution >= 0.6 is 0 Å². The van der Waals surface area contributed by atoms with Gasteiger partial charge in [0.1, 0.15) is 18.1 Å². The predicted molar refractivity (Wildman–Crippen MR) is 84.2 cm³/mol. The number of hydrogen-bond donors (Lipinski definition) is 1. The summed E-state index contributed by atoms with van der Waals surface area (Å²) in [6.45, 7) is 1.08. The second-order valence-electron chi connectivity index (χ2n) is 5.02. The molecule has 0 unspecified atom stereocenters. The average Bonchev–Trinajstić information content (AvgIpc) is 2.84. The molecule has 0 saturated carbocycles. The largest absolute Gasteiger partial charge is 0.487 e. The average molecular weight is 281 g/mol. The van der Waals surface area contributed by atoms with Crippen molar-refractivity contribution in [2.24, 2.45) is 12.8 Å². The zero-order valence-corrected chi connectivity index (χ0v) is 12.1. The second kappa shape index (κ2) is 5.97. The van der Waals surface area contributed by atoms with Crippen LogP contribution in [0.1, 0.15) is 11.3 Å². The Hall–Kier alpha value is -2.33. The molecule has 4 nitrogen and oxygen atoms in total. The monoisotopic (exact) mass is 281 g/mol. The molecule has 1 heterocycles. The van der Waals surface area contributed by atoms with Gasteiger partial charge in [0.25, 0.3) is 0 Å². The van der Waals surface area contributed by atoms with E-state index in [0.29, 0.717) is 13.2 Å². The number of para-hydroxylation sites is 2. The molecule has 0 saturated heterocycles. The molecule has 0 aliphatic carbocycles. The fourth-order valence-electron chi connectivity index (χ4n) is 2.55. The van der Waals surface area contributed by atoms with Crippen molar-refractivity contribution in [3.63, 3.8) is 0 Å². The smallest absolute Gasteiger partial charge is 0.133 e. The predicted octanol–water partition coefficient (Wildman–Crippen LogP) is 2.65. The Labute approximate surface area is 124 Å². The van der Waals surface area contributed by atoms with Crippen molar-refractivity contribution in [1.29, 1.82) is 0 Å². The third-order valence-electron chi connectivity index (χ3n) is 3.58. The molecular formula is C17H19N3O. The molecule has 0 spiro atoms. The van der Waals surface area contributed by atoms with Crippen LogP contribution in [0.25, 0.3) is 10.9 Å². The number of aryl methyl sites for hydroxylation is 1. The number of fused-ring (bicyclic) bond motifs is 1. The molecule has 21 heavy (non-hydrogen) atoms. The van der Waals surface area contributed by atoms with Gasteiger partial charge in [-0.05, 0) is 30.7 Å². The maximum Gasteiger partial charge on any atom is 0.133 e. The zero-order valence-electron chi connectivity index (χ0n) is 12.1. The molecule has 1 aromatic heterocycles. The first-order valence-corrected chi connectivity index (χ1v) is 7.11. The van der Waals surface area contributed by atoms with Crippen LogP contribution in [0.4, 0.5) is 0 Å². The van der Waals surface area contributed by atoms with Gasteiger partial charge < -0.3 is 10.5 Å². The third-order valence-corrected chi connectivity index (χ3v) is 3.58. The molecule has 0 fully saturated rings. The van der Waals surface area contributed by atoms with E-state index < -0.39 is 0 Å². The summed E-state index contributed by atoms with van der Waals surface area (Å²) in [5.74, 6) is 0.887. The summed E-state index contributed by atoms with van der Waals surface area (Å²) in [7, 11) is 1.95. The highest BCUT2D eigenvalue weighted by molar-refractivity contribution is 5.81. The summed E-state index contributed by atoms with van der Waals surface area (Å²) in [5.41, 5.74) is 8.85. The summed E-state index contributed by atoms with van der Waals surface area (Å²) in [5, 5.41) is 5.68. The van der Waals surface area contributed by atoms with E-state index in [4.69, 9.17) is 10.5 Å². The van der Waals surface area contributed by atoms with Gasteiger partial charge in [0, 0.05) is 12.4 Å². The van der Waals surface area contributed by atoms with Crippen molar-refractivity contribution < 1.29 is 4.74 Å². The first-order valence-electron chi connectivity index (χ1n) is 7.11. The molecule has 0 atom stereocenters. The number of aromatic nitrogens is 2. The molecule has 0 radical (unpaired) electrons. The van der Waals surface area contributed by atoms with E-state index >= 15 is 0 Å². The minimum absolute atomic E-state index is 0.461. The Morgan fingerprint density at radius 3 is 2.71 bits per heavy atom. The SMILES string of the molecule is Cn1nc(COc2ccccc2CCN)c2ccccc21. The van der Waals surface area contributed by atoms with Crippen LogP contribution in [0.3, 0.4) is 0 Å². The lowest BCUT2D eigenvalue weighted by molar-refractivity contribution is 0.298. The maximum absolute atomic E-state index is 5.97. The molecule has 0 aliphatic rings. The Morgan fingerprint density at radius 2 is 1.86 bits per heavy atom. The fraction of sp³-hybridized carbons (Fsp3) is 0.235. The minimum Gasteiger partial charge on any atom is -0.487 e. The van der Waals surface area contributed by atoms with E-state index in [1.807, 2.05) is 42.1 Å². The van der Waals surface area contributed by atoms with Gasteiger partial charge in [0.15, 0.2) is 0 Å². The summed E-state index contributed by atoms with van der Waals surface area (Å²) < 4.78 is 7.85. The molecule has 2 N–H and O–H groups in total. The molecular weight excluding hydrogens is 262 g/mol. The van der Waals surface area contributed by atoms with Gasteiger partial charge in [-0.1, -0.05) is 36.4 Å². The number of hydrogen-bond acceptors (Lipinski definition) is 3. The molecule has 2 aromatic carbocycles. The third kappa shape index (κ3) is 2.76. The van der Waals surface area contributed by atoms with Gasteiger partial charge in [0.2, 0.25) is 0 Å². The zero-order chi connectivity index (χ0) is 14.7. The van der Waals surface area contributed by atoms with Crippen LogP contribution in [-0.2, 0) is 20.1 Å². The van der Waals surface area contributed by atoms with Gasteiger partial charge >= 0.3 is 0 Å². The minimum atomic E-state index is 0.461. The van der Waals surface area contributed by atoms with Crippen LogP contribution in [-0.4, -0.2) is 16.3 Å². The molecule has 0 bridgehead atoms. The number of benzene rings is 2. The number of nitrogens with two attached hydrogens (primary N) is 1. The van der Waals surface area contributed by atoms with E-state index in [1.165, 1.54) is 0 Å². The highest BCUT2D eigenvalue weighted by Crippen LogP contribution is 2.22. The van der Waals surface area contributed by atoms with Crippen molar-refractivity contribution in [2.45, 2.75) is 13.0 Å². The first-order chi connectivity index (χ1) is 10.3. The maximum atomic E-state index is 5.97. The van der Waals surface area contributed by atoms with Gasteiger partial charge in [-0.15, -0.1) is 0 Å². The number of nitrogens with zero attached hydrogens (tertiary/aromatic N) is 2. The van der Waals surface area contributed by atoms with Crippen molar-refractivity contribution in [1.82, 2.24) is 9.78 Å². The van der Waals surface area contributed by atoms with Gasteiger partial charge in [-0.25, -0.2) is 0 Å². The number of ether oxygens (including phenoxy) is 1. The van der Waals surface area contributed by atoms with Crippen molar-refractivity contribution >= 4 is 10.9 Å². The lowest BCUT2D eigenvalue weighted by atomic mass is 10.1. The van der Waals surface area contributed by atoms with Crippen LogP contribution in [0, 0.1) is 0 Å². The Morgan fingerprint density at radius 1 is 1.10 bits per heavy atom. The van der Waals surface area contributed by atoms with E-state index in [0.717, 1.165) is 34.3 Å². The fourth-order valence-corrected chi connectivity index (χ4v) is 2.55. The summed E-state index contributed by atoms with van der Waals surface area (Å²) >= 11 is 0. The quantitative estimate of drug-likeness (QED) is 0.782. The topological polar surface area (TPSA) is 53.1 Å². The number of rotatable bonds is 5. The molecule has 0 aliphatic heterocycles. The summed E-state index contributed by atoms with van der Waals surface area (Å²) in [6, 6.07) is 16.2. The van der Waals surface area contributed by atoms with Gasteiger partial charge in [0.05, 0.1) is 5.52 Å².